The lowest BCUT2D eigenvalue weighted by Gasteiger charge is -2.21. The number of ether oxygens (including phenoxy) is 1. The Labute approximate surface area is 167 Å². The molecule has 0 aliphatic carbocycles. The number of benzene rings is 2. The van der Waals surface area contributed by atoms with Crippen LogP contribution in [0.1, 0.15) is 49.2 Å². The average Bonchev–Trinajstić information content (AvgIpc) is 2.67. The van der Waals surface area contributed by atoms with Crippen LogP contribution in [0.3, 0.4) is 0 Å². The summed E-state index contributed by atoms with van der Waals surface area (Å²) in [6.45, 7) is 6.32. The van der Waals surface area contributed by atoms with Gasteiger partial charge in [-0.05, 0) is 43.0 Å². The van der Waals surface area contributed by atoms with E-state index in [0.29, 0.717) is 24.6 Å². The maximum Gasteiger partial charge on any atom is 0.255 e. The molecule has 0 aromatic heterocycles. The van der Waals surface area contributed by atoms with Crippen LogP contribution in [-0.2, 0) is 10.0 Å². The second-order valence-electron chi connectivity index (χ2n) is 6.94. The second-order valence-corrected chi connectivity index (χ2v) is 8.65. The molecule has 0 bridgehead atoms. The van der Waals surface area contributed by atoms with Crippen LogP contribution in [-0.4, -0.2) is 28.0 Å². The fourth-order valence-electron chi connectivity index (χ4n) is 2.95. The molecule has 2 N–H and O–H groups in total. The van der Waals surface area contributed by atoms with Crippen LogP contribution in [0.2, 0.25) is 0 Å². The van der Waals surface area contributed by atoms with Gasteiger partial charge in [-0.3, -0.25) is 4.79 Å². The summed E-state index contributed by atoms with van der Waals surface area (Å²) < 4.78 is 34.1. The Morgan fingerprint density at radius 1 is 1.11 bits per heavy atom. The van der Waals surface area contributed by atoms with Crippen molar-refractivity contribution in [2.45, 2.75) is 38.1 Å². The van der Waals surface area contributed by atoms with Gasteiger partial charge in [0, 0.05) is 12.6 Å². The Hall–Kier alpha value is -2.38. The Morgan fingerprint density at radius 2 is 1.79 bits per heavy atom. The third-order valence-corrected chi connectivity index (χ3v) is 5.74. The smallest absolute Gasteiger partial charge is 0.255 e. The first kappa shape index (κ1) is 21.9. The highest BCUT2D eigenvalue weighted by Gasteiger charge is 2.24. The predicted octanol–water partition coefficient (Wildman–Crippen LogP) is 3.51. The van der Waals surface area contributed by atoms with Gasteiger partial charge in [-0.25, -0.2) is 13.1 Å². The van der Waals surface area contributed by atoms with Crippen molar-refractivity contribution in [1.29, 1.82) is 0 Å². The zero-order valence-electron chi connectivity index (χ0n) is 16.7. The van der Waals surface area contributed by atoms with E-state index in [2.05, 4.69) is 10.0 Å². The first-order valence-corrected chi connectivity index (χ1v) is 10.8. The molecule has 1 atom stereocenters. The molecule has 6 nitrogen and oxygen atoms in total. The van der Waals surface area contributed by atoms with Gasteiger partial charge >= 0.3 is 0 Å². The summed E-state index contributed by atoms with van der Waals surface area (Å²) in [5.41, 5.74) is 1.09. The lowest BCUT2D eigenvalue weighted by Crippen LogP contribution is -2.30. The molecule has 0 heterocycles. The zero-order valence-corrected chi connectivity index (χ0v) is 17.5. The van der Waals surface area contributed by atoms with Gasteiger partial charge in [0.1, 0.15) is 5.75 Å². The Kier molecular flexibility index (Phi) is 7.60. The van der Waals surface area contributed by atoms with Crippen LogP contribution >= 0.6 is 0 Å². The van der Waals surface area contributed by atoms with Crippen molar-refractivity contribution >= 4 is 15.9 Å². The van der Waals surface area contributed by atoms with E-state index in [4.69, 9.17) is 4.74 Å². The minimum Gasteiger partial charge on any atom is -0.496 e. The molecular weight excluding hydrogens is 376 g/mol. The number of carbonyl (C=O) groups is 1. The largest absolute Gasteiger partial charge is 0.496 e. The third kappa shape index (κ3) is 5.56. The molecule has 0 spiro atoms. The van der Waals surface area contributed by atoms with Crippen LogP contribution in [0.15, 0.2) is 53.4 Å². The lowest BCUT2D eigenvalue weighted by molar-refractivity contribution is 0.0952. The Balaban J connectivity index is 2.39. The van der Waals surface area contributed by atoms with Crippen LogP contribution in [0.4, 0.5) is 0 Å². The van der Waals surface area contributed by atoms with E-state index in [1.807, 2.05) is 44.2 Å². The van der Waals surface area contributed by atoms with Crippen LogP contribution in [0, 0.1) is 5.92 Å². The first-order valence-electron chi connectivity index (χ1n) is 9.32. The van der Waals surface area contributed by atoms with Crippen molar-refractivity contribution in [3.8, 4) is 5.75 Å². The zero-order chi connectivity index (χ0) is 20.7. The summed E-state index contributed by atoms with van der Waals surface area (Å²) in [5.74, 6) is 0.250. The fraction of sp³-hybridized carbons (Fsp3) is 0.381. The van der Waals surface area contributed by atoms with E-state index < -0.39 is 10.0 Å². The molecule has 0 aliphatic rings. The van der Waals surface area contributed by atoms with E-state index in [9.17, 15) is 13.2 Å². The summed E-state index contributed by atoms with van der Waals surface area (Å²) in [6, 6.07) is 13.4. The summed E-state index contributed by atoms with van der Waals surface area (Å²) in [5, 5.41) is 2.67. The van der Waals surface area contributed by atoms with E-state index in [-0.39, 0.29) is 22.4 Å². The third-order valence-electron chi connectivity index (χ3n) is 4.27. The molecule has 28 heavy (non-hydrogen) atoms. The lowest BCUT2D eigenvalue weighted by atomic mass is 9.98. The minimum atomic E-state index is -3.83. The summed E-state index contributed by atoms with van der Waals surface area (Å²) in [7, 11) is -2.39. The van der Waals surface area contributed by atoms with Gasteiger partial charge in [-0.15, -0.1) is 0 Å². The summed E-state index contributed by atoms with van der Waals surface area (Å²) in [6.07, 6.45) is 0.655. The molecule has 0 saturated carbocycles. The van der Waals surface area contributed by atoms with Crippen LogP contribution < -0.4 is 14.8 Å². The summed E-state index contributed by atoms with van der Waals surface area (Å²) in [4.78, 5) is 12.3. The maximum atomic E-state index is 13.0. The van der Waals surface area contributed by atoms with E-state index in [1.54, 1.807) is 6.92 Å². The van der Waals surface area contributed by atoms with Gasteiger partial charge in [0.25, 0.3) is 5.91 Å². The van der Waals surface area contributed by atoms with E-state index >= 15 is 0 Å². The van der Waals surface area contributed by atoms with Crippen molar-refractivity contribution in [3.05, 3.63) is 59.7 Å². The summed E-state index contributed by atoms with van der Waals surface area (Å²) >= 11 is 0. The van der Waals surface area contributed by atoms with Crippen LogP contribution in [0.5, 0.6) is 5.75 Å². The number of methoxy groups -OCH3 is 1. The molecule has 0 fully saturated rings. The van der Waals surface area contributed by atoms with Gasteiger partial charge in [-0.1, -0.05) is 44.2 Å². The van der Waals surface area contributed by atoms with Gasteiger partial charge in [0.2, 0.25) is 10.0 Å². The number of rotatable bonds is 9. The molecule has 152 valence electrons. The number of nitrogens with one attached hydrogen (secondary N) is 2. The number of hydrogen-bond donors (Lipinski definition) is 2. The quantitative estimate of drug-likeness (QED) is 0.670. The highest BCUT2D eigenvalue weighted by Crippen LogP contribution is 2.26. The molecule has 2 rings (SSSR count). The molecule has 2 aromatic rings. The monoisotopic (exact) mass is 404 g/mol. The standard InChI is InChI=1S/C21H28N2O4S/c1-5-22-21(24)18-14-17(11-12-20(18)27-4)28(25,26)23-19(13-15(2)3)16-9-7-6-8-10-16/h6-12,14-15,19,23H,5,13H2,1-4H3,(H,22,24)/t19-/m0/s1. The van der Waals surface area contributed by atoms with Gasteiger partial charge in [0.05, 0.1) is 17.6 Å². The first-order chi connectivity index (χ1) is 13.3. The second kappa shape index (κ2) is 9.71. The molecule has 0 aliphatic heterocycles. The maximum absolute atomic E-state index is 13.0. The topological polar surface area (TPSA) is 84.5 Å². The van der Waals surface area contributed by atoms with Gasteiger partial charge in [-0.2, -0.15) is 0 Å². The molecular formula is C21H28N2O4S. The van der Waals surface area contributed by atoms with Crippen molar-refractivity contribution < 1.29 is 17.9 Å². The molecule has 7 heteroatoms. The number of carbonyl (C=O) groups excluding carboxylic acids is 1. The number of hydrogen-bond acceptors (Lipinski definition) is 4. The number of sulfonamides is 1. The van der Waals surface area contributed by atoms with Crippen molar-refractivity contribution in [1.82, 2.24) is 10.0 Å². The van der Waals surface area contributed by atoms with E-state index in [1.165, 1.54) is 25.3 Å². The highest BCUT2D eigenvalue weighted by molar-refractivity contribution is 7.89. The molecule has 2 aromatic carbocycles. The van der Waals surface area contributed by atoms with Gasteiger partial charge < -0.3 is 10.1 Å². The molecule has 0 unspecified atom stereocenters. The highest BCUT2D eigenvalue weighted by atomic mass is 32.2. The minimum absolute atomic E-state index is 0.0271. The van der Waals surface area contributed by atoms with Crippen LogP contribution in [0.25, 0.3) is 0 Å². The predicted molar refractivity (Wildman–Crippen MR) is 110 cm³/mol. The normalized spacial score (nSPS) is 12.6. The average molecular weight is 405 g/mol. The molecule has 0 saturated heterocycles. The Morgan fingerprint density at radius 3 is 2.36 bits per heavy atom. The fourth-order valence-corrected chi connectivity index (χ4v) is 4.21. The van der Waals surface area contributed by atoms with Crippen molar-refractivity contribution in [2.24, 2.45) is 5.92 Å². The molecule has 0 radical (unpaired) electrons. The number of amides is 1. The van der Waals surface area contributed by atoms with Crippen molar-refractivity contribution in [2.75, 3.05) is 13.7 Å². The van der Waals surface area contributed by atoms with E-state index in [0.717, 1.165) is 5.56 Å². The SMILES string of the molecule is CCNC(=O)c1cc(S(=O)(=O)N[C@@H](CC(C)C)c2ccccc2)ccc1OC. The Bertz CT molecular complexity index is 896. The molecule has 1 amide bonds. The van der Waals surface area contributed by atoms with Crippen molar-refractivity contribution in [3.63, 3.8) is 0 Å². The van der Waals surface area contributed by atoms with Gasteiger partial charge in [0.15, 0.2) is 0 Å².